The van der Waals surface area contributed by atoms with Gasteiger partial charge in [-0.15, -0.1) is 0 Å². The van der Waals surface area contributed by atoms with E-state index in [2.05, 4.69) is 5.48 Å². The van der Waals surface area contributed by atoms with Crippen molar-refractivity contribution in [3.63, 3.8) is 0 Å². The van der Waals surface area contributed by atoms with Gasteiger partial charge in [-0.1, -0.05) is 6.07 Å². The standard InChI is InChI=1S/C12H15FN2O/c1-12(2,3)16-15-8-9-4-5-11(13)10(6-9)7-14/h4-6,15H,8H2,1-3H3. The third-order valence-electron chi connectivity index (χ3n) is 1.81. The maximum atomic E-state index is 13.0. The predicted molar refractivity (Wildman–Crippen MR) is 58.8 cm³/mol. The maximum Gasteiger partial charge on any atom is 0.140 e. The second-order valence-electron chi connectivity index (χ2n) is 4.46. The van der Waals surface area contributed by atoms with Crippen LogP contribution in [0.4, 0.5) is 4.39 Å². The van der Waals surface area contributed by atoms with Crippen molar-refractivity contribution in [2.75, 3.05) is 0 Å². The summed E-state index contributed by atoms with van der Waals surface area (Å²) in [5.74, 6) is -0.497. The summed E-state index contributed by atoms with van der Waals surface area (Å²) in [5.41, 5.74) is 3.36. The molecular formula is C12H15FN2O. The fourth-order valence-corrected chi connectivity index (χ4v) is 1.10. The van der Waals surface area contributed by atoms with Crippen molar-refractivity contribution in [2.24, 2.45) is 0 Å². The van der Waals surface area contributed by atoms with Gasteiger partial charge < -0.3 is 0 Å². The van der Waals surface area contributed by atoms with Gasteiger partial charge in [0.05, 0.1) is 11.2 Å². The smallest absolute Gasteiger partial charge is 0.140 e. The first-order valence-corrected chi connectivity index (χ1v) is 5.02. The molecule has 0 bridgehead atoms. The summed E-state index contributed by atoms with van der Waals surface area (Å²) in [7, 11) is 0. The van der Waals surface area contributed by atoms with Gasteiger partial charge in [-0.05, 0) is 38.5 Å². The highest BCUT2D eigenvalue weighted by Gasteiger charge is 2.10. The second-order valence-corrected chi connectivity index (χ2v) is 4.46. The predicted octanol–water partition coefficient (Wildman–Crippen LogP) is 2.52. The van der Waals surface area contributed by atoms with E-state index in [1.165, 1.54) is 12.1 Å². The first-order chi connectivity index (χ1) is 7.42. The largest absolute Gasteiger partial charge is 0.296 e. The molecule has 3 nitrogen and oxygen atoms in total. The molecule has 0 unspecified atom stereocenters. The zero-order valence-electron chi connectivity index (χ0n) is 9.67. The van der Waals surface area contributed by atoms with E-state index in [9.17, 15) is 4.39 Å². The van der Waals surface area contributed by atoms with Crippen LogP contribution in [0.2, 0.25) is 0 Å². The van der Waals surface area contributed by atoms with Crippen LogP contribution in [-0.4, -0.2) is 5.60 Å². The zero-order valence-corrected chi connectivity index (χ0v) is 9.67. The Labute approximate surface area is 94.8 Å². The number of hydroxylamine groups is 1. The van der Waals surface area contributed by atoms with Gasteiger partial charge in [0.1, 0.15) is 11.9 Å². The van der Waals surface area contributed by atoms with Crippen LogP contribution in [0, 0.1) is 17.1 Å². The number of hydrogen-bond acceptors (Lipinski definition) is 3. The highest BCUT2D eigenvalue weighted by Crippen LogP contribution is 2.10. The molecule has 0 aliphatic heterocycles. The topological polar surface area (TPSA) is 45.0 Å². The summed E-state index contributed by atoms with van der Waals surface area (Å²) in [4.78, 5) is 5.31. The normalized spacial score (nSPS) is 11.2. The van der Waals surface area contributed by atoms with Crippen molar-refractivity contribution < 1.29 is 9.23 Å². The fraction of sp³-hybridized carbons (Fsp3) is 0.417. The van der Waals surface area contributed by atoms with Crippen molar-refractivity contribution in [3.8, 4) is 6.07 Å². The monoisotopic (exact) mass is 222 g/mol. The Bertz CT molecular complexity index is 404. The maximum absolute atomic E-state index is 13.0. The number of benzene rings is 1. The summed E-state index contributed by atoms with van der Waals surface area (Å²) < 4.78 is 13.0. The molecule has 0 atom stereocenters. The van der Waals surface area contributed by atoms with Crippen LogP contribution in [0.25, 0.3) is 0 Å². The molecule has 1 rings (SSSR count). The van der Waals surface area contributed by atoms with Crippen LogP contribution in [-0.2, 0) is 11.4 Å². The zero-order chi connectivity index (χ0) is 12.2. The van der Waals surface area contributed by atoms with Gasteiger partial charge in [0.2, 0.25) is 0 Å². The van der Waals surface area contributed by atoms with Gasteiger partial charge in [-0.3, -0.25) is 4.84 Å². The van der Waals surface area contributed by atoms with E-state index in [-0.39, 0.29) is 11.2 Å². The van der Waals surface area contributed by atoms with E-state index in [1.54, 1.807) is 12.1 Å². The Morgan fingerprint density at radius 2 is 2.12 bits per heavy atom. The summed E-state index contributed by atoms with van der Waals surface area (Å²) in [5, 5.41) is 8.66. The minimum Gasteiger partial charge on any atom is -0.296 e. The molecule has 0 saturated heterocycles. The lowest BCUT2D eigenvalue weighted by atomic mass is 10.1. The lowest BCUT2D eigenvalue weighted by Gasteiger charge is -2.19. The van der Waals surface area contributed by atoms with E-state index in [0.29, 0.717) is 6.54 Å². The number of nitrogens with one attached hydrogen (secondary N) is 1. The summed E-state index contributed by atoms with van der Waals surface area (Å²) in [6, 6.07) is 6.21. The Morgan fingerprint density at radius 3 is 2.69 bits per heavy atom. The molecule has 0 aromatic heterocycles. The highest BCUT2D eigenvalue weighted by molar-refractivity contribution is 5.34. The third-order valence-corrected chi connectivity index (χ3v) is 1.81. The van der Waals surface area contributed by atoms with Gasteiger partial charge in [-0.2, -0.15) is 10.7 Å². The first kappa shape index (κ1) is 12.6. The summed E-state index contributed by atoms with van der Waals surface area (Å²) >= 11 is 0. The molecule has 0 fully saturated rings. The molecule has 0 amide bonds. The van der Waals surface area contributed by atoms with Crippen LogP contribution in [0.15, 0.2) is 18.2 Å². The van der Waals surface area contributed by atoms with Crippen LogP contribution in [0.3, 0.4) is 0 Å². The lowest BCUT2D eigenvalue weighted by molar-refractivity contribution is -0.0757. The van der Waals surface area contributed by atoms with Crippen molar-refractivity contribution >= 4 is 0 Å². The molecule has 1 aromatic carbocycles. The lowest BCUT2D eigenvalue weighted by Crippen LogP contribution is -2.28. The van der Waals surface area contributed by atoms with E-state index in [0.717, 1.165) is 5.56 Å². The van der Waals surface area contributed by atoms with E-state index in [1.807, 2.05) is 20.8 Å². The molecule has 1 N–H and O–H groups in total. The summed E-state index contributed by atoms with van der Waals surface area (Å²) in [6.45, 7) is 6.20. The molecule has 86 valence electrons. The second kappa shape index (κ2) is 5.06. The number of halogens is 1. The molecule has 4 heteroatoms. The Balaban J connectivity index is 2.59. The van der Waals surface area contributed by atoms with Crippen molar-refractivity contribution in [2.45, 2.75) is 32.9 Å². The highest BCUT2D eigenvalue weighted by atomic mass is 19.1. The van der Waals surface area contributed by atoms with Crippen LogP contribution >= 0.6 is 0 Å². The molecular weight excluding hydrogens is 207 g/mol. The van der Waals surface area contributed by atoms with Gasteiger partial charge in [0.25, 0.3) is 0 Å². The molecule has 0 heterocycles. The van der Waals surface area contributed by atoms with E-state index < -0.39 is 5.82 Å². The fourth-order valence-electron chi connectivity index (χ4n) is 1.10. The minimum atomic E-state index is -0.497. The van der Waals surface area contributed by atoms with Gasteiger partial charge >= 0.3 is 0 Å². The Kier molecular flexibility index (Phi) is 3.99. The van der Waals surface area contributed by atoms with Gasteiger partial charge in [0.15, 0.2) is 0 Å². The Morgan fingerprint density at radius 1 is 1.44 bits per heavy atom. The molecule has 1 aromatic rings. The number of rotatable bonds is 3. The molecule has 16 heavy (non-hydrogen) atoms. The van der Waals surface area contributed by atoms with Crippen LogP contribution < -0.4 is 5.48 Å². The summed E-state index contributed by atoms with van der Waals surface area (Å²) in [6.07, 6.45) is 0. The van der Waals surface area contributed by atoms with Crippen molar-refractivity contribution in [3.05, 3.63) is 35.1 Å². The van der Waals surface area contributed by atoms with E-state index >= 15 is 0 Å². The quantitative estimate of drug-likeness (QED) is 0.799. The third kappa shape index (κ3) is 3.97. The average molecular weight is 222 g/mol. The van der Waals surface area contributed by atoms with Crippen molar-refractivity contribution in [1.82, 2.24) is 5.48 Å². The van der Waals surface area contributed by atoms with Gasteiger partial charge in [-0.25, -0.2) is 4.39 Å². The SMILES string of the molecule is CC(C)(C)ONCc1ccc(F)c(C#N)c1. The number of hydrogen-bond donors (Lipinski definition) is 1. The van der Waals surface area contributed by atoms with E-state index in [4.69, 9.17) is 10.1 Å². The molecule has 0 radical (unpaired) electrons. The molecule has 0 aliphatic carbocycles. The van der Waals surface area contributed by atoms with Crippen molar-refractivity contribution in [1.29, 1.82) is 5.26 Å². The molecule has 0 saturated carbocycles. The average Bonchev–Trinajstić information content (AvgIpc) is 2.18. The minimum absolute atomic E-state index is 0.0510. The Hall–Kier alpha value is -1.44. The number of nitrogens with zero attached hydrogens (tertiary/aromatic N) is 1. The first-order valence-electron chi connectivity index (χ1n) is 5.02. The van der Waals surface area contributed by atoms with Crippen LogP contribution in [0.5, 0.6) is 0 Å². The molecule has 0 spiro atoms. The molecule has 0 aliphatic rings. The van der Waals surface area contributed by atoms with Gasteiger partial charge in [0, 0.05) is 6.54 Å². The van der Waals surface area contributed by atoms with Crippen LogP contribution in [0.1, 0.15) is 31.9 Å². The number of nitriles is 1.